The lowest BCUT2D eigenvalue weighted by molar-refractivity contribution is -0.126. The van der Waals surface area contributed by atoms with Crippen molar-refractivity contribution in [1.82, 2.24) is 14.9 Å². The second-order valence-corrected chi connectivity index (χ2v) is 14.6. The summed E-state index contributed by atoms with van der Waals surface area (Å²) in [7, 11) is -4.06. The van der Waals surface area contributed by atoms with Crippen LogP contribution in [0.25, 0.3) is 0 Å². The van der Waals surface area contributed by atoms with Gasteiger partial charge in [0.25, 0.3) is 0 Å². The van der Waals surface area contributed by atoms with Gasteiger partial charge in [-0.2, -0.15) is 4.31 Å². The Kier molecular flexibility index (Phi) is 12.0. The van der Waals surface area contributed by atoms with Crippen LogP contribution < -0.4 is 20.1 Å². The average Bonchev–Trinajstić information content (AvgIpc) is 3.42. The monoisotopic (exact) mass is 633 g/mol. The van der Waals surface area contributed by atoms with Crippen molar-refractivity contribution >= 4 is 22.0 Å². The van der Waals surface area contributed by atoms with Crippen LogP contribution in [0, 0.1) is 11.8 Å². The Hall–Kier alpha value is -3.35. The number of amides is 2. The van der Waals surface area contributed by atoms with Crippen molar-refractivity contribution in [2.45, 2.75) is 90.0 Å². The summed E-state index contributed by atoms with van der Waals surface area (Å²) in [5, 5.41) is 17.2. The molecule has 0 saturated heterocycles. The molecule has 0 bridgehead atoms. The molecule has 12 heteroatoms. The largest absolute Gasteiger partial charge is 0.454 e. The van der Waals surface area contributed by atoms with E-state index in [0.717, 1.165) is 5.56 Å². The van der Waals surface area contributed by atoms with Crippen LogP contribution in [-0.2, 0) is 26.0 Å². The van der Waals surface area contributed by atoms with Gasteiger partial charge >= 0.3 is 6.09 Å². The fraction of sp³-hybridized carbons (Fsp3) is 0.562. The Morgan fingerprint density at radius 3 is 2.27 bits per heavy atom. The fourth-order valence-electron chi connectivity index (χ4n) is 4.76. The predicted molar refractivity (Wildman–Crippen MR) is 167 cm³/mol. The van der Waals surface area contributed by atoms with E-state index in [1.807, 2.05) is 58.0 Å². The van der Waals surface area contributed by atoms with Gasteiger partial charge in [-0.3, -0.25) is 4.79 Å². The molecule has 2 aromatic rings. The van der Waals surface area contributed by atoms with Crippen molar-refractivity contribution in [1.29, 1.82) is 0 Å². The highest BCUT2D eigenvalue weighted by atomic mass is 32.2. The van der Waals surface area contributed by atoms with Gasteiger partial charge in [-0.05, 0) is 56.7 Å². The van der Waals surface area contributed by atoms with Gasteiger partial charge in [0, 0.05) is 19.2 Å². The van der Waals surface area contributed by atoms with E-state index >= 15 is 0 Å². The maximum atomic E-state index is 13.8. The number of fused-ring (bicyclic) bond motifs is 1. The van der Waals surface area contributed by atoms with E-state index < -0.39 is 45.8 Å². The number of alkyl carbamates (subject to hydrolysis) is 1. The van der Waals surface area contributed by atoms with Crippen LogP contribution in [-0.4, -0.2) is 73.5 Å². The molecule has 4 atom stereocenters. The highest BCUT2D eigenvalue weighted by molar-refractivity contribution is 7.89. The minimum Gasteiger partial charge on any atom is -0.454 e. The van der Waals surface area contributed by atoms with E-state index in [2.05, 4.69) is 10.6 Å². The number of aliphatic hydroxyl groups excluding tert-OH is 1. The first-order chi connectivity index (χ1) is 20.6. The highest BCUT2D eigenvalue weighted by Gasteiger charge is 2.35. The molecule has 1 aliphatic heterocycles. The average molecular weight is 634 g/mol. The van der Waals surface area contributed by atoms with Gasteiger partial charge in [-0.15, -0.1) is 0 Å². The summed E-state index contributed by atoms with van der Waals surface area (Å²) >= 11 is 0. The molecular formula is C32H47N3O8S. The first-order valence-electron chi connectivity index (χ1n) is 15.0. The van der Waals surface area contributed by atoms with E-state index in [4.69, 9.17) is 14.2 Å². The molecule has 0 unspecified atom stereocenters. The smallest absolute Gasteiger partial charge is 0.408 e. The minimum absolute atomic E-state index is 0.00848. The molecule has 244 valence electrons. The molecule has 11 nitrogen and oxygen atoms in total. The molecule has 0 aromatic heterocycles. The van der Waals surface area contributed by atoms with Gasteiger partial charge in [0.05, 0.1) is 17.0 Å². The number of hydrogen-bond donors (Lipinski definition) is 3. The van der Waals surface area contributed by atoms with E-state index in [0.29, 0.717) is 17.9 Å². The topological polar surface area (TPSA) is 143 Å². The standard InChI is InChI=1S/C32H47N3O8S/c1-8-22(4)29(34-31(38)43-32(5,6)7)30(37)33-25(16-23-12-10-9-11-13-23)26(36)19-35(18-21(2)3)44(39,40)24-14-15-27-28(17-24)42-20-41-27/h9-15,17,21-22,25-26,29,36H,8,16,18-20H2,1-7H3,(H,33,37)(H,34,38)/t22-,25-,26+,29-/m0/s1. The Morgan fingerprint density at radius 1 is 1.00 bits per heavy atom. The zero-order valence-corrected chi connectivity index (χ0v) is 27.5. The molecule has 3 N–H and O–H groups in total. The summed E-state index contributed by atoms with van der Waals surface area (Å²) in [6.45, 7) is 12.6. The van der Waals surface area contributed by atoms with Crippen molar-refractivity contribution in [2.75, 3.05) is 19.9 Å². The number of carbonyl (C=O) groups is 2. The lowest BCUT2D eigenvalue weighted by Gasteiger charge is -2.32. The maximum absolute atomic E-state index is 13.8. The van der Waals surface area contributed by atoms with Gasteiger partial charge < -0.3 is 30.0 Å². The molecule has 3 rings (SSSR count). The molecule has 44 heavy (non-hydrogen) atoms. The lowest BCUT2D eigenvalue weighted by Crippen LogP contribution is -2.57. The summed E-state index contributed by atoms with van der Waals surface area (Å²) in [4.78, 5) is 26.3. The summed E-state index contributed by atoms with van der Waals surface area (Å²) in [6, 6.07) is 11.9. The van der Waals surface area contributed by atoms with Gasteiger partial charge in [-0.25, -0.2) is 13.2 Å². The first kappa shape index (κ1) is 35.1. The number of hydrogen-bond acceptors (Lipinski definition) is 8. The van der Waals surface area contributed by atoms with Gasteiger partial charge in [0.1, 0.15) is 11.6 Å². The van der Waals surface area contributed by atoms with Crippen LogP contribution in [0.5, 0.6) is 11.5 Å². The van der Waals surface area contributed by atoms with Crippen molar-refractivity contribution in [2.24, 2.45) is 11.8 Å². The third-order valence-electron chi connectivity index (χ3n) is 7.20. The fourth-order valence-corrected chi connectivity index (χ4v) is 6.40. The molecular weight excluding hydrogens is 586 g/mol. The predicted octanol–water partition coefficient (Wildman–Crippen LogP) is 4.09. The third kappa shape index (κ3) is 9.83. The van der Waals surface area contributed by atoms with E-state index in [1.54, 1.807) is 26.8 Å². The van der Waals surface area contributed by atoms with Crippen LogP contribution in [0.1, 0.15) is 60.5 Å². The molecule has 0 aliphatic carbocycles. The van der Waals surface area contributed by atoms with Crippen molar-refractivity contribution in [3.05, 3.63) is 54.1 Å². The van der Waals surface area contributed by atoms with Gasteiger partial charge in [0.2, 0.25) is 22.7 Å². The Balaban J connectivity index is 1.89. The van der Waals surface area contributed by atoms with Crippen molar-refractivity contribution < 1.29 is 37.3 Å². The lowest BCUT2D eigenvalue weighted by atomic mass is 9.96. The summed E-state index contributed by atoms with van der Waals surface area (Å²) < 4.78 is 45.0. The molecule has 0 fully saturated rings. The Bertz CT molecular complexity index is 1360. The Labute approximate surface area is 261 Å². The number of nitrogens with one attached hydrogen (secondary N) is 2. The van der Waals surface area contributed by atoms with E-state index in [9.17, 15) is 23.1 Å². The summed E-state index contributed by atoms with van der Waals surface area (Å²) in [5.41, 5.74) is 0.0849. The van der Waals surface area contributed by atoms with Gasteiger partial charge in [-0.1, -0.05) is 64.4 Å². The number of nitrogens with zero attached hydrogens (tertiary/aromatic N) is 1. The second kappa shape index (κ2) is 15.1. The number of ether oxygens (including phenoxy) is 3. The van der Waals surface area contributed by atoms with E-state index in [-0.39, 0.29) is 43.0 Å². The molecule has 1 heterocycles. The van der Waals surface area contributed by atoms with Crippen molar-refractivity contribution in [3.8, 4) is 11.5 Å². The van der Waals surface area contributed by atoms with Crippen molar-refractivity contribution in [3.63, 3.8) is 0 Å². The molecule has 0 radical (unpaired) electrons. The number of carbonyl (C=O) groups excluding carboxylic acids is 2. The molecule has 1 aliphatic rings. The van der Waals surface area contributed by atoms with Gasteiger partial charge in [0.15, 0.2) is 11.5 Å². The number of aliphatic hydroxyl groups is 1. The van der Waals surface area contributed by atoms with Crippen LogP contribution in [0.2, 0.25) is 0 Å². The Morgan fingerprint density at radius 2 is 1.66 bits per heavy atom. The maximum Gasteiger partial charge on any atom is 0.408 e. The molecule has 0 spiro atoms. The van der Waals surface area contributed by atoms with Crippen LogP contribution in [0.3, 0.4) is 0 Å². The van der Waals surface area contributed by atoms with Crippen LogP contribution in [0.15, 0.2) is 53.4 Å². The SMILES string of the molecule is CC[C@H](C)[C@H](NC(=O)OC(C)(C)C)C(=O)N[C@@H](Cc1ccccc1)[C@H](O)CN(CC(C)C)S(=O)(=O)c1ccc2c(c1)OCO2. The highest BCUT2D eigenvalue weighted by Crippen LogP contribution is 2.35. The zero-order chi connectivity index (χ0) is 32.7. The number of benzene rings is 2. The first-order valence-corrected chi connectivity index (χ1v) is 16.5. The number of sulfonamides is 1. The second-order valence-electron chi connectivity index (χ2n) is 12.6. The third-order valence-corrected chi connectivity index (χ3v) is 9.03. The molecule has 2 amide bonds. The normalized spacial score (nSPS) is 15.9. The molecule has 0 saturated carbocycles. The molecule has 2 aromatic carbocycles. The zero-order valence-electron chi connectivity index (χ0n) is 26.7. The van der Waals surface area contributed by atoms with E-state index in [1.165, 1.54) is 16.4 Å². The minimum atomic E-state index is -4.06. The summed E-state index contributed by atoms with van der Waals surface area (Å²) in [6.07, 6.45) is -1.19. The quantitative estimate of drug-likeness (QED) is 0.282. The number of rotatable bonds is 14. The van der Waals surface area contributed by atoms with Crippen LogP contribution >= 0.6 is 0 Å². The summed E-state index contributed by atoms with van der Waals surface area (Å²) in [5.74, 6) is -0.0131. The van der Waals surface area contributed by atoms with Crippen LogP contribution in [0.4, 0.5) is 4.79 Å².